The van der Waals surface area contributed by atoms with E-state index in [0.717, 1.165) is 48.4 Å². The van der Waals surface area contributed by atoms with Crippen LogP contribution < -0.4 is 14.2 Å². The van der Waals surface area contributed by atoms with Gasteiger partial charge in [-0.1, -0.05) is 0 Å². The Morgan fingerprint density at radius 3 is 2.82 bits per heavy atom. The van der Waals surface area contributed by atoms with Gasteiger partial charge in [-0.3, -0.25) is 0 Å². The fourth-order valence-corrected chi connectivity index (χ4v) is 5.20. The Bertz CT molecular complexity index is 745. The van der Waals surface area contributed by atoms with Crippen molar-refractivity contribution in [1.29, 1.82) is 0 Å². The number of aliphatic hydroxyl groups is 1. The van der Waals surface area contributed by atoms with Crippen LogP contribution in [-0.2, 0) is 11.2 Å². The quantitative estimate of drug-likeness (QED) is 0.798. The molecular formula is C22H34NO5+. The monoisotopic (exact) mass is 392 g/mol. The highest BCUT2D eigenvalue weighted by atomic mass is 16.7. The van der Waals surface area contributed by atoms with E-state index >= 15 is 0 Å². The maximum absolute atomic E-state index is 11.2. The van der Waals surface area contributed by atoms with Crippen molar-refractivity contribution in [3.8, 4) is 17.2 Å². The fraction of sp³-hybridized carbons (Fsp3) is 0.727. The second-order valence-corrected chi connectivity index (χ2v) is 9.65. The zero-order chi connectivity index (χ0) is 20.1. The van der Waals surface area contributed by atoms with Crippen molar-refractivity contribution in [1.82, 2.24) is 0 Å². The molecular weight excluding hydrogens is 358 g/mol. The van der Waals surface area contributed by atoms with Crippen LogP contribution in [0.1, 0.15) is 50.3 Å². The van der Waals surface area contributed by atoms with E-state index in [2.05, 4.69) is 34.0 Å². The summed E-state index contributed by atoms with van der Waals surface area (Å²) in [6, 6.07) is 2.25. The van der Waals surface area contributed by atoms with Gasteiger partial charge in [-0.05, 0) is 44.2 Å². The zero-order valence-electron chi connectivity index (χ0n) is 17.8. The highest BCUT2D eigenvalue weighted by Gasteiger charge is 2.44. The summed E-state index contributed by atoms with van der Waals surface area (Å²) in [4.78, 5) is 0. The molecule has 6 heteroatoms. The standard InChI is InChI=1S/C22H34NO5/c1-22(2)12-15(7-9-28-22)17(24)11-16-19-14(6-8-23(16,3)4)10-18-20(21(19)25-5)27-13-26-18/h10,15-17,24H,6-9,11-13H2,1-5H3/q+1/t15-,16+,17+/m1/s1. The lowest BCUT2D eigenvalue weighted by atomic mass is 9.79. The predicted octanol–water partition coefficient (Wildman–Crippen LogP) is 3.05. The first kappa shape index (κ1) is 19.8. The van der Waals surface area contributed by atoms with Gasteiger partial charge in [0.25, 0.3) is 0 Å². The van der Waals surface area contributed by atoms with Crippen molar-refractivity contribution >= 4 is 0 Å². The summed E-state index contributed by atoms with van der Waals surface area (Å²) in [5.74, 6) is 2.51. The number of aliphatic hydroxyl groups excluding tert-OH is 1. The predicted molar refractivity (Wildman–Crippen MR) is 106 cm³/mol. The number of ether oxygens (including phenoxy) is 4. The van der Waals surface area contributed by atoms with E-state index in [9.17, 15) is 5.11 Å². The largest absolute Gasteiger partial charge is 0.492 e. The van der Waals surface area contributed by atoms with Gasteiger partial charge < -0.3 is 28.5 Å². The number of fused-ring (bicyclic) bond motifs is 2. The van der Waals surface area contributed by atoms with Crippen LogP contribution >= 0.6 is 0 Å². The first-order chi connectivity index (χ1) is 13.2. The van der Waals surface area contributed by atoms with Crippen molar-refractivity contribution in [3.63, 3.8) is 0 Å². The van der Waals surface area contributed by atoms with Crippen molar-refractivity contribution in [2.75, 3.05) is 41.1 Å². The summed E-state index contributed by atoms with van der Waals surface area (Å²) >= 11 is 0. The minimum absolute atomic E-state index is 0.147. The first-order valence-electron chi connectivity index (χ1n) is 10.4. The molecule has 1 aromatic carbocycles. The lowest BCUT2D eigenvalue weighted by molar-refractivity contribution is -0.924. The van der Waals surface area contributed by atoms with Crippen LogP contribution in [0.3, 0.4) is 0 Å². The Morgan fingerprint density at radius 1 is 1.32 bits per heavy atom. The number of methoxy groups -OCH3 is 1. The second kappa shape index (κ2) is 7.08. The summed E-state index contributed by atoms with van der Waals surface area (Å²) < 4.78 is 23.8. The molecule has 4 rings (SSSR count). The van der Waals surface area contributed by atoms with E-state index in [1.807, 2.05) is 0 Å². The van der Waals surface area contributed by atoms with Gasteiger partial charge in [-0.2, -0.15) is 0 Å². The van der Waals surface area contributed by atoms with Crippen LogP contribution in [0.25, 0.3) is 0 Å². The summed E-state index contributed by atoms with van der Waals surface area (Å²) in [5.41, 5.74) is 2.26. The Balaban J connectivity index is 1.67. The minimum atomic E-state index is -0.369. The van der Waals surface area contributed by atoms with E-state index in [-0.39, 0.29) is 30.5 Å². The molecule has 6 nitrogen and oxygen atoms in total. The molecule has 156 valence electrons. The number of likely N-dealkylation sites (N-methyl/N-ethyl adjacent to an activating group) is 1. The summed E-state index contributed by atoms with van der Waals surface area (Å²) in [6.07, 6.45) is 3.10. The number of hydrogen-bond acceptors (Lipinski definition) is 5. The molecule has 1 N–H and O–H groups in total. The summed E-state index contributed by atoms with van der Waals surface area (Å²) in [5, 5.41) is 11.2. The van der Waals surface area contributed by atoms with Crippen LogP contribution in [0, 0.1) is 5.92 Å². The van der Waals surface area contributed by atoms with Gasteiger partial charge >= 0.3 is 0 Å². The van der Waals surface area contributed by atoms with Gasteiger partial charge in [-0.25, -0.2) is 0 Å². The molecule has 0 saturated carbocycles. The molecule has 3 atom stereocenters. The van der Waals surface area contributed by atoms with Crippen molar-refractivity contribution in [2.45, 2.75) is 57.3 Å². The van der Waals surface area contributed by atoms with E-state index in [4.69, 9.17) is 18.9 Å². The van der Waals surface area contributed by atoms with Gasteiger partial charge in [0.05, 0.1) is 45.0 Å². The number of quaternary nitrogens is 1. The van der Waals surface area contributed by atoms with Crippen LogP contribution in [-0.4, -0.2) is 62.4 Å². The van der Waals surface area contributed by atoms with E-state index < -0.39 is 0 Å². The van der Waals surface area contributed by atoms with Crippen molar-refractivity contribution < 1.29 is 28.5 Å². The number of hydrogen-bond donors (Lipinski definition) is 1. The molecule has 3 aliphatic rings. The third-order valence-corrected chi connectivity index (χ3v) is 6.83. The Kier molecular flexibility index (Phi) is 5.01. The maximum atomic E-state index is 11.2. The molecule has 0 spiro atoms. The van der Waals surface area contributed by atoms with Crippen LogP contribution in [0.2, 0.25) is 0 Å². The van der Waals surface area contributed by atoms with Gasteiger partial charge in [0.2, 0.25) is 12.5 Å². The van der Waals surface area contributed by atoms with Crippen molar-refractivity contribution in [3.05, 3.63) is 17.2 Å². The Labute approximate surface area is 167 Å². The molecule has 3 heterocycles. The van der Waals surface area contributed by atoms with Crippen LogP contribution in [0.5, 0.6) is 17.2 Å². The van der Waals surface area contributed by atoms with E-state index in [0.29, 0.717) is 12.2 Å². The smallest absolute Gasteiger partial charge is 0.231 e. The molecule has 1 aromatic rings. The lowest BCUT2D eigenvalue weighted by Gasteiger charge is -2.45. The first-order valence-corrected chi connectivity index (χ1v) is 10.4. The third kappa shape index (κ3) is 3.46. The Morgan fingerprint density at radius 2 is 2.11 bits per heavy atom. The Hall–Kier alpha value is -1.50. The molecule has 0 unspecified atom stereocenters. The number of benzene rings is 1. The lowest BCUT2D eigenvalue weighted by Crippen LogP contribution is -2.50. The molecule has 0 radical (unpaired) electrons. The van der Waals surface area contributed by atoms with Crippen LogP contribution in [0.15, 0.2) is 6.07 Å². The molecule has 0 aromatic heterocycles. The highest BCUT2D eigenvalue weighted by molar-refractivity contribution is 5.61. The molecule has 1 saturated heterocycles. The van der Waals surface area contributed by atoms with Gasteiger partial charge in [0, 0.05) is 19.4 Å². The van der Waals surface area contributed by atoms with Gasteiger partial charge in [0.1, 0.15) is 6.04 Å². The normalized spacial score (nSPS) is 28.5. The van der Waals surface area contributed by atoms with E-state index in [1.165, 1.54) is 11.1 Å². The summed E-state index contributed by atoms with van der Waals surface area (Å²) in [6.45, 7) is 6.21. The maximum Gasteiger partial charge on any atom is 0.231 e. The topological polar surface area (TPSA) is 57.2 Å². The van der Waals surface area contributed by atoms with E-state index in [1.54, 1.807) is 7.11 Å². The van der Waals surface area contributed by atoms with Gasteiger partial charge in [0.15, 0.2) is 11.5 Å². The highest BCUT2D eigenvalue weighted by Crippen LogP contribution is 2.52. The zero-order valence-corrected chi connectivity index (χ0v) is 17.8. The average Bonchev–Trinajstić information content (AvgIpc) is 3.09. The molecule has 0 bridgehead atoms. The SMILES string of the molecule is COc1c2c(cc3c1[C@H](C[C@H](O)[C@@H]1CCOC(C)(C)C1)[N+](C)(C)CC3)OCO2. The average molecular weight is 393 g/mol. The second-order valence-electron chi connectivity index (χ2n) is 9.65. The molecule has 0 aliphatic carbocycles. The molecule has 28 heavy (non-hydrogen) atoms. The minimum Gasteiger partial charge on any atom is -0.492 e. The summed E-state index contributed by atoms with van der Waals surface area (Å²) in [7, 11) is 6.19. The van der Waals surface area contributed by atoms with Gasteiger partial charge in [-0.15, -0.1) is 0 Å². The molecule has 0 amide bonds. The number of rotatable bonds is 4. The molecule has 3 aliphatic heterocycles. The third-order valence-electron chi connectivity index (χ3n) is 6.83. The number of nitrogens with zero attached hydrogens (tertiary/aromatic N) is 1. The van der Waals surface area contributed by atoms with Crippen molar-refractivity contribution in [2.24, 2.45) is 5.92 Å². The molecule has 1 fully saturated rings. The fourth-order valence-electron chi connectivity index (χ4n) is 5.20. The van der Waals surface area contributed by atoms with Crippen LogP contribution in [0.4, 0.5) is 0 Å².